The lowest BCUT2D eigenvalue weighted by molar-refractivity contribution is 0.533. The molecular weight excluding hydrogens is 202 g/mol. The van der Waals surface area contributed by atoms with E-state index in [4.69, 9.17) is 21.8 Å². The van der Waals surface area contributed by atoms with Crippen molar-refractivity contribution in [2.45, 2.75) is 6.92 Å². The Bertz CT molecular complexity index is 447. The molecule has 0 fully saturated rings. The summed E-state index contributed by atoms with van der Waals surface area (Å²) in [4.78, 5) is 0. The van der Waals surface area contributed by atoms with Crippen LogP contribution in [0.25, 0.3) is 11.5 Å². The summed E-state index contributed by atoms with van der Waals surface area (Å²) in [5.74, 6) is 0.838. The molecule has 1 aromatic carbocycles. The van der Waals surface area contributed by atoms with E-state index < -0.39 is 0 Å². The second-order valence-corrected chi connectivity index (χ2v) is 3.24. The Labute approximate surface area is 85.7 Å². The van der Waals surface area contributed by atoms with E-state index in [9.17, 15) is 0 Å². The number of aryl methyl sites for hydroxylation is 1. The van der Waals surface area contributed by atoms with Crippen molar-refractivity contribution in [1.82, 2.24) is 10.2 Å². The molecule has 0 saturated heterocycles. The Morgan fingerprint density at radius 3 is 2.71 bits per heavy atom. The third-order valence-corrected chi connectivity index (χ3v) is 2.10. The zero-order valence-electron chi connectivity index (χ0n) is 7.49. The van der Waals surface area contributed by atoms with Crippen LogP contribution in [0, 0.1) is 6.92 Å². The number of hydrogen-bond donors (Lipinski definition) is 1. The first-order chi connectivity index (χ1) is 6.68. The van der Waals surface area contributed by atoms with Crippen molar-refractivity contribution in [3.05, 3.63) is 29.1 Å². The van der Waals surface area contributed by atoms with Crippen molar-refractivity contribution in [3.63, 3.8) is 0 Å². The maximum absolute atomic E-state index is 5.97. The molecule has 0 aliphatic carbocycles. The minimum absolute atomic E-state index is 0.352. The molecule has 72 valence electrons. The number of hydrogen-bond acceptors (Lipinski definition) is 4. The number of nitrogen functional groups attached to an aromatic ring is 1. The van der Waals surface area contributed by atoms with Gasteiger partial charge < -0.3 is 10.2 Å². The van der Waals surface area contributed by atoms with Crippen molar-refractivity contribution in [2.24, 2.45) is 0 Å². The summed E-state index contributed by atoms with van der Waals surface area (Å²) in [5, 5.41) is 8.08. The summed E-state index contributed by atoms with van der Waals surface area (Å²) in [6, 6.07) is 5.23. The Hall–Kier alpha value is -1.55. The van der Waals surface area contributed by atoms with Crippen LogP contribution in [0.5, 0.6) is 0 Å². The predicted molar refractivity (Wildman–Crippen MR) is 53.9 cm³/mol. The van der Waals surface area contributed by atoms with Gasteiger partial charge in [-0.1, -0.05) is 17.7 Å². The molecule has 2 aromatic rings. The molecule has 0 radical (unpaired) electrons. The van der Waals surface area contributed by atoms with Gasteiger partial charge in [0.15, 0.2) is 0 Å². The topological polar surface area (TPSA) is 64.9 Å². The molecule has 0 bridgehead atoms. The average molecular weight is 210 g/mol. The first-order valence-corrected chi connectivity index (χ1v) is 4.41. The summed E-state index contributed by atoms with van der Waals surface area (Å²) in [7, 11) is 0. The molecule has 1 aromatic heterocycles. The van der Waals surface area contributed by atoms with Gasteiger partial charge in [0.1, 0.15) is 0 Å². The lowest BCUT2D eigenvalue weighted by Crippen LogP contribution is -1.90. The molecule has 4 nitrogen and oxygen atoms in total. The first-order valence-electron chi connectivity index (χ1n) is 4.03. The monoisotopic (exact) mass is 209 g/mol. The fourth-order valence-corrected chi connectivity index (χ4v) is 1.43. The van der Waals surface area contributed by atoms with E-state index in [1.165, 1.54) is 0 Å². The van der Waals surface area contributed by atoms with E-state index in [0.29, 0.717) is 28.1 Å². The molecular formula is C9H8ClN3O. The number of nitrogens with two attached hydrogens (primary N) is 1. The molecule has 0 spiro atoms. The highest BCUT2D eigenvalue weighted by molar-refractivity contribution is 6.33. The highest BCUT2D eigenvalue weighted by atomic mass is 35.5. The molecule has 0 saturated carbocycles. The van der Waals surface area contributed by atoms with Gasteiger partial charge in [0.25, 0.3) is 5.89 Å². The standard InChI is InChI=1S/C9H8ClN3O/c1-5-12-13-9(14-5)8-6(10)3-2-4-7(8)11/h2-4H,11H2,1H3. The highest BCUT2D eigenvalue weighted by Crippen LogP contribution is 2.31. The Balaban J connectivity index is 2.61. The van der Waals surface area contributed by atoms with Gasteiger partial charge in [0.05, 0.1) is 10.6 Å². The normalized spacial score (nSPS) is 10.4. The number of halogens is 1. The van der Waals surface area contributed by atoms with E-state index in [2.05, 4.69) is 10.2 Å². The van der Waals surface area contributed by atoms with Crippen LogP contribution in [0.4, 0.5) is 5.69 Å². The van der Waals surface area contributed by atoms with E-state index in [-0.39, 0.29) is 0 Å². The SMILES string of the molecule is Cc1nnc(-c2c(N)cccc2Cl)o1. The smallest absolute Gasteiger partial charge is 0.251 e. The Kier molecular flexibility index (Phi) is 2.13. The van der Waals surface area contributed by atoms with Crippen molar-refractivity contribution >= 4 is 17.3 Å². The van der Waals surface area contributed by atoms with Gasteiger partial charge in [-0.3, -0.25) is 0 Å². The van der Waals surface area contributed by atoms with Crippen molar-refractivity contribution < 1.29 is 4.42 Å². The Morgan fingerprint density at radius 1 is 1.36 bits per heavy atom. The minimum Gasteiger partial charge on any atom is -0.421 e. The molecule has 5 heteroatoms. The van der Waals surface area contributed by atoms with Crippen molar-refractivity contribution in [1.29, 1.82) is 0 Å². The second kappa shape index (κ2) is 3.31. The largest absolute Gasteiger partial charge is 0.421 e. The van der Waals surface area contributed by atoms with Gasteiger partial charge in [-0.2, -0.15) is 0 Å². The zero-order chi connectivity index (χ0) is 10.1. The lowest BCUT2D eigenvalue weighted by Gasteiger charge is -2.01. The lowest BCUT2D eigenvalue weighted by atomic mass is 10.2. The number of anilines is 1. The van der Waals surface area contributed by atoms with Gasteiger partial charge in [0, 0.05) is 12.6 Å². The third kappa shape index (κ3) is 1.44. The van der Waals surface area contributed by atoms with Gasteiger partial charge >= 0.3 is 0 Å². The fourth-order valence-electron chi connectivity index (χ4n) is 1.16. The first kappa shape index (κ1) is 9.02. The fraction of sp³-hybridized carbons (Fsp3) is 0.111. The molecule has 0 aliphatic heterocycles. The van der Waals surface area contributed by atoms with Crippen LogP contribution < -0.4 is 5.73 Å². The van der Waals surface area contributed by atoms with Crippen LogP contribution in [0.2, 0.25) is 5.02 Å². The van der Waals surface area contributed by atoms with Crippen LogP contribution in [0.3, 0.4) is 0 Å². The van der Waals surface area contributed by atoms with Crippen LogP contribution >= 0.6 is 11.6 Å². The van der Waals surface area contributed by atoms with E-state index in [1.807, 2.05) is 0 Å². The Morgan fingerprint density at radius 2 is 2.14 bits per heavy atom. The molecule has 0 aliphatic rings. The van der Waals surface area contributed by atoms with Crippen LogP contribution in [-0.2, 0) is 0 Å². The van der Waals surface area contributed by atoms with Crippen LogP contribution in [0.1, 0.15) is 5.89 Å². The van der Waals surface area contributed by atoms with Gasteiger partial charge in [-0.05, 0) is 12.1 Å². The predicted octanol–water partition coefficient (Wildman–Crippen LogP) is 2.28. The maximum atomic E-state index is 5.97. The third-order valence-electron chi connectivity index (χ3n) is 1.79. The number of benzene rings is 1. The van der Waals surface area contributed by atoms with E-state index >= 15 is 0 Å². The number of nitrogens with zero attached hydrogens (tertiary/aromatic N) is 2. The number of aromatic nitrogens is 2. The number of rotatable bonds is 1. The van der Waals surface area contributed by atoms with Gasteiger partial charge in [-0.25, -0.2) is 0 Å². The van der Waals surface area contributed by atoms with Crippen LogP contribution in [-0.4, -0.2) is 10.2 Å². The molecule has 14 heavy (non-hydrogen) atoms. The molecule has 2 N–H and O–H groups in total. The summed E-state index contributed by atoms with van der Waals surface area (Å²) in [6.07, 6.45) is 0. The van der Waals surface area contributed by atoms with Gasteiger partial charge in [0.2, 0.25) is 5.89 Å². The van der Waals surface area contributed by atoms with Gasteiger partial charge in [-0.15, -0.1) is 10.2 Å². The van der Waals surface area contributed by atoms with Crippen LogP contribution in [0.15, 0.2) is 22.6 Å². The van der Waals surface area contributed by atoms with Crippen molar-refractivity contribution in [3.8, 4) is 11.5 Å². The summed E-state index contributed by atoms with van der Waals surface area (Å²) >= 11 is 5.97. The molecule has 0 unspecified atom stereocenters. The molecule has 0 amide bonds. The molecule has 1 heterocycles. The average Bonchev–Trinajstić information content (AvgIpc) is 2.51. The van der Waals surface area contributed by atoms with Crippen molar-refractivity contribution in [2.75, 3.05) is 5.73 Å². The summed E-state index contributed by atoms with van der Waals surface area (Å²) in [5.41, 5.74) is 6.87. The quantitative estimate of drug-likeness (QED) is 0.732. The van der Waals surface area contributed by atoms with E-state index in [1.54, 1.807) is 25.1 Å². The molecule has 2 rings (SSSR count). The summed E-state index contributed by atoms with van der Waals surface area (Å²) in [6.45, 7) is 1.71. The highest BCUT2D eigenvalue weighted by Gasteiger charge is 2.12. The minimum atomic E-state index is 0.352. The zero-order valence-corrected chi connectivity index (χ0v) is 8.25. The second-order valence-electron chi connectivity index (χ2n) is 2.83. The summed E-state index contributed by atoms with van der Waals surface area (Å²) < 4.78 is 5.24. The van der Waals surface area contributed by atoms with E-state index in [0.717, 1.165) is 0 Å². The maximum Gasteiger partial charge on any atom is 0.251 e. The molecule has 0 atom stereocenters.